The summed E-state index contributed by atoms with van der Waals surface area (Å²) < 4.78 is 65.9. The monoisotopic (exact) mass is 383 g/mol. The van der Waals surface area contributed by atoms with Gasteiger partial charge in [0.15, 0.2) is 23.3 Å². The third-order valence-corrected chi connectivity index (χ3v) is 3.11. The summed E-state index contributed by atoms with van der Waals surface area (Å²) in [4.78, 5) is 3.78. The van der Waals surface area contributed by atoms with Gasteiger partial charge in [0.25, 0.3) is 0 Å². The van der Waals surface area contributed by atoms with Crippen molar-refractivity contribution in [2.24, 2.45) is 5.10 Å². The van der Waals surface area contributed by atoms with Gasteiger partial charge in [-0.3, -0.25) is 10.4 Å². The number of pyridine rings is 1. The van der Waals surface area contributed by atoms with Gasteiger partial charge in [0.05, 0.1) is 18.5 Å². The van der Waals surface area contributed by atoms with Crippen molar-refractivity contribution in [2.45, 2.75) is 13.5 Å². The Bertz CT molecular complexity index is 804. The molecule has 0 bridgehead atoms. The van der Waals surface area contributed by atoms with Crippen LogP contribution in [0.3, 0.4) is 0 Å². The first kappa shape index (κ1) is 20.6. The van der Waals surface area contributed by atoms with Crippen LogP contribution in [0.25, 0.3) is 0 Å². The van der Waals surface area contributed by atoms with Crippen LogP contribution in [0.4, 0.5) is 27.6 Å². The molecule has 0 unspecified atom stereocenters. The van der Waals surface area contributed by atoms with Crippen LogP contribution in [0.15, 0.2) is 11.3 Å². The molecule has 0 amide bonds. The van der Waals surface area contributed by atoms with E-state index in [1.807, 2.05) is 0 Å². The molecule has 11 heteroatoms. The van der Waals surface area contributed by atoms with Crippen LogP contribution in [0.1, 0.15) is 16.8 Å². The van der Waals surface area contributed by atoms with Gasteiger partial charge >= 0.3 is 0 Å². The number of aliphatic hydroxyl groups excluding tert-OH is 1. The van der Waals surface area contributed by atoms with Gasteiger partial charge in [0.2, 0.25) is 5.82 Å². The van der Waals surface area contributed by atoms with Gasteiger partial charge in [0.1, 0.15) is 11.4 Å². The van der Waals surface area contributed by atoms with Crippen LogP contribution in [0.2, 0.25) is 0 Å². The Morgan fingerprint density at radius 2 is 1.60 bits per heavy atom. The van der Waals surface area contributed by atoms with Gasteiger partial charge in [-0.15, -0.1) is 12.4 Å². The van der Waals surface area contributed by atoms with E-state index >= 15 is 0 Å². The predicted molar refractivity (Wildman–Crippen MR) is 81.3 cm³/mol. The van der Waals surface area contributed by atoms with E-state index in [1.54, 1.807) is 5.43 Å². The van der Waals surface area contributed by atoms with Crippen molar-refractivity contribution >= 4 is 24.3 Å². The summed E-state index contributed by atoms with van der Waals surface area (Å²) in [5.41, 5.74) is 0.646. The van der Waals surface area contributed by atoms with E-state index in [9.17, 15) is 27.1 Å². The Labute approximate surface area is 144 Å². The lowest BCUT2D eigenvalue weighted by molar-refractivity contribution is 0.280. The van der Waals surface area contributed by atoms with Gasteiger partial charge in [-0.05, 0) is 6.92 Å². The summed E-state index contributed by atoms with van der Waals surface area (Å²) in [6.45, 7) is 0.927. The third kappa shape index (κ3) is 3.80. The Balaban J connectivity index is 0.00000312. The van der Waals surface area contributed by atoms with Crippen molar-refractivity contribution in [3.8, 4) is 5.75 Å². The van der Waals surface area contributed by atoms with E-state index in [0.29, 0.717) is 0 Å². The molecule has 136 valence electrons. The minimum atomic E-state index is -2.29. The molecular weight excluding hydrogens is 373 g/mol. The highest BCUT2D eigenvalue weighted by Gasteiger charge is 2.25. The molecule has 3 N–H and O–H groups in total. The summed E-state index contributed by atoms with van der Waals surface area (Å²) in [7, 11) is 0. The highest BCUT2D eigenvalue weighted by Crippen LogP contribution is 2.27. The lowest BCUT2D eigenvalue weighted by atomic mass is 10.1. The largest absolute Gasteiger partial charge is 0.505 e. The number of hydrazone groups is 1. The van der Waals surface area contributed by atoms with E-state index < -0.39 is 41.4 Å². The number of hydrogen-bond donors (Lipinski definition) is 3. The van der Waals surface area contributed by atoms with Crippen molar-refractivity contribution in [3.05, 3.63) is 52.1 Å². The molecule has 0 fully saturated rings. The van der Waals surface area contributed by atoms with Crippen molar-refractivity contribution in [1.82, 2.24) is 4.98 Å². The average molecular weight is 384 g/mol. The fourth-order valence-electron chi connectivity index (χ4n) is 1.79. The van der Waals surface area contributed by atoms with Crippen molar-refractivity contribution < 1.29 is 32.2 Å². The van der Waals surface area contributed by atoms with Crippen molar-refractivity contribution in [2.75, 3.05) is 5.43 Å². The molecule has 0 radical (unpaired) electrons. The molecule has 1 aromatic carbocycles. The number of aromatic hydroxyl groups is 1. The Hall–Kier alpha value is -2.46. The zero-order valence-electron chi connectivity index (χ0n) is 12.4. The second-order valence-corrected chi connectivity index (χ2v) is 4.60. The predicted octanol–water partition coefficient (Wildman–Crippen LogP) is 3.15. The molecule has 25 heavy (non-hydrogen) atoms. The molecule has 2 aromatic rings. The second-order valence-electron chi connectivity index (χ2n) is 4.60. The summed E-state index contributed by atoms with van der Waals surface area (Å²) in [5, 5.41) is 22.3. The number of benzene rings is 1. The molecule has 0 spiro atoms. The van der Waals surface area contributed by atoms with E-state index in [-0.39, 0.29) is 35.0 Å². The molecular formula is C14H11ClF5N3O2. The number of nitrogens with zero attached hydrogens (tertiary/aromatic N) is 2. The SMILES string of the molecule is Cc1ncc(CO)c(/C=N/Nc2c(F)c(F)c(F)c(F)c2F)c1O.Cl. The fourth-order valence-corrected chi connectivity index (χ4v) is 1.79. The van der Waals surface area contributed by atoms with Gasteiger partial charge in [-0.25, -0.2) is 22.0 Å². The van der Waals surface area contributed by atoms with E-state index in [4.69, 9.17) is 5.11 Å². The first-order chi connectivity index (χ1) is 11.3. The molecule has 0 aliphatic rings. The van der Waals surface area contributed by atoms with Gasteiger partial charge in [-0.1, -0.05) is 0 Å². The third-order valence-electron chi connectivity index (χ3n) is 3.11. The molecule has 1 heterocycles. The quantitative estimate of drug-likeness (QED) is 0.249. The van der Waals surface area contributed by atoms with Crippen LogP contribution in [0.5, 0.6) is 5.75 Å². The molecule has 0 saturated heterocycles. The maximum Gasteiger partial charge on any atom is 0.200 e. The van der Waals surface area contributed by atoms with E-state index in [2.05, 4.69) is 10.1 Å². The second kappa shape index (κ2) is 8.08. The first-order valence-electron chi connectivity index (χ1n) is 6.38. The van der Waals surface area contributed by atoms with Crippen LogP contribution in [-0.2, 0) is 6.61 Å². The molecule has 0 aliphatic carbocycles. The van der Waals surface area contributed by atoms with Gasteiger partial charge in [-0.2, -0.15) is 5.10 Å². The average Bonchev–Trinajstić information content (AvgIpc) is 2.58. The van der Waals surface area contributed by atoms with Gasteiger partial charge < -0.3 is 10.2 Å². The molecule has 0 saturated carbocycles. The minimum Gasteiger partial charge on any atom is -0.505 e. The normalized spacial score (nSPS) is 10.8. The Kier molecular flexibility index (Phi) is 6.65. The highest BCUT2D eigenvalue weighted by molar-refractivity contribution is 5.86. The van der Waals surface area contributed by atoms with Crippen molar-refractivity contribution in [1.29, 1.82) is 0 Å². The molecule has 2 rings (SSSR count). The smallest absolute Gasteiger partial charge is 0.200 e. The Morgan fingerprint density at radius 1 is 1.08 bits per heavy atom. The van der Waals surface area contributed by atoms with Crippen LogP contribution >= 0.6 is 12.4 Å². The molecule has 0 aliphatic heterocycles. The van der Waals surface area contributed by atoms with E-state index in [1.165, 1.54) is 13.1 Å². The van der Waals surface area contributed by atoms with Crippen LogP contribution < -0.4 is 5.43 Å². The maximum absolute atomic E-state index is 13.5. The summed E-state index contributed by atoms with van der Waals surface area (Å²) >= 11 is 0. The van der Waals surface area contributed by atoms with Crippen molar-refractivity contribution in [3.63, 3.8) is 0 Å². The zero-order chi connectivity index (χ0) is 18.0. The number of aliphatic hydroxyl groups is 1. The minimum absolute atomic E-state index is 0. The summed E-state index contributed by atoms with van der Waals surface area (Å²) in [5.74, 6) is -11.0. The number of anilines is 1. The number of aryl methyl sites for hydroxylation is 1. The standard InChI is InChI=1S/C14H10F5N3O2.ClH/c1-5-14(24)7(6(4-23)2-20-5)3-21-22-13-11(18)9(16)8(15)10(17)12(13)19;/h2-3,22-24H,4H2,1H3;1H/b21-3+;. The summed E-state index contributed by atoms with van der Waals surface area (Å²) in [6, 6.07) is 0. The first-order valence-corrected chi connectivity index (χ1v) is 6.38. The maximum atomic E-state index is 13.5. The number of hydrogen-bond acceptors (Lipinski definition) is 5. The topological polar surface area (TPSA) is 77.7 Å². The molecule has 1 aromatic heterocycles. The summed E-state index contributed by atoms with van der Waals surface area (Å²) in [6.07, 6.45) is 2.09. The molecule has 0 atom stereocenters. The lowest BCUT2D eigenvalue weighted by Crippen LogP contribution is -2.07. The number of nitrogens with one attached hydrogen (secondary N) is 1. The van der Waals surface area contributed by atoms with E-state index in [0.717, 1.165) is 6.21 Å². The highest BCUT2D eigenvalue weighted by atomic mass is 35.5. The number of halogens is 6. The number of aromatic nitrogens is 1. The van der Waals surface area contributed by atoms with Gasteiger partial charge in [0, 0.05) is 17.3 Å². The Morgan fingerprint density at radius 3 is 2.12 bits per heavy atom. The zero-order valence-corrected chi connectivity index (χ0v) is 13.3. The van der Waals surface area contributed by atoms with Crippen LogP contribution in [0, 0.1) is 36.0 Å². The fraction of sp³-hybridized carbons (Fsp3) is 0.143. The number of rotatable bonds is 4. The van der Waals surface area contributed by atoms with Crippen LogP contribution in [-0.4, -0.2) is 21.4 Å². The lowest BCUT2D eigenvalue weighted by Gasteiger charge is -2.09. The molecule has 5 nitrogen and oxygen atoms in total.